The van der Waals surface area contributed by atoms with Crippen LogP contribution in [0.1, 0.15) is 51.9 Å². The van der Waals surface area contributed by atoms with E-state index in [0.717, 1.165) is 20.3 Å². The molecule has 0 N–H and O–H groups in total. The first-order valence-electron chi connectivity index (χ1n) is 15.3. The number of carbonyl (C=O) groups excluding carboxylic acids is 3. The summed E-state index contributed by atoms with van der Waals surface area (Å²) < 4.78 is 15.7. The molecule has 0 saturated heterocycles. The van der Waals surface area contributed by atoms with E-state index < -0.39 is 12.0 Å². The first kappa shape index (κ1) is 32.3. The highest BCUT2D eigenvalue weighted by atomic mass is 79.9. The van der Waals surface area contributed by atoms with Gasteiger partial charge in [-0.15, -0.1) is 11.3 Å². The maximum atomic E-state index is 13.9. The van der Waals surface area contributed by atoms with Crippen molar-refractivity contribution in [1.82, 2.24) is 9.55 Å². The Kier molecular flexibility index (Phi) is 8.26. The van der Waals surface area contributed by atoms with Gasteiger partial charge < -0.3 is 9.15 Å². The third-order valence-electron chi connectivity index (χ3n) is 8.15. The predicted molar refractivity (Wildman–Crippen MR) is 195 cm³/mol. The first-order valence-corrected chi connectivity index (χ1v) is 18.6. The lowest BCUT2D eigenvalue weighted by Crippen LogP contribution is -2.39. The van der Waals surface area contributed by atoms with E-state index in [1.165, 1.54) is 43.9 Å². The van der Waals surface area contributed by atoms with E-state index in [1.807, 2.05) is 24.3 Å². The van der Waals surface area contributed by atoms with Crippen molar-refractivity contribution in [3.8, 4) is 0 Å². The van der Waals surface area contributed by atoms with Crippen LogP contribution in [0.4, 0.5) is 5.69 Å². The molecule has 0 saturated carbocycles. The van der Waals surface area contributed by atoms with Crippen LogP contribution in [0.15, 0.2) is 118 Å². The van der Waals surface area contributed by atoms with Gasteiger partial charge in [0.05, 0.1) is 55.5 Å². The molecule has 2 aliphatic heterocycles. The second-order valence-electron chi connectivity index (χ2n) is 11.2. The lowest BCUT2D eigenvalue weighted by Gasteiger charge is -2.24. The molecule has 0 radical (unpaired) electrons. The number of halogens is 1. The molecule has 10 nitrogen and oxygen atoms in total. The molecule has 3 aromatic carbocycles. The number of benzene rings is 3. The number of esters is 1. The Bertz CT molecular complexity index is 2600. The zero-order valence-corrected chi connectivity index (χ0v) is 30.2. The summed E-state index contributed by atoms with van der Waals surface area (Å²) in [5.41, 5.74) is 3.23. The molecule has 50 heavy (non-hydrogen) atoms. The molecule has 0 unspecified atom stereocenters. The Labute approximate surface area is 304 Å². The van der Waals surface area contributed by atoms with Gasteiger partial charge in [0.2, 0.25) is 0 Å². The number of furan rings is 1. The van der Waals surface area contributed by atoms with Gasteiger partial charge in [-0.1, -0.05) is 51.5 Å². The lowest BCUT2D eigenvalue weighted by atomic mass is 9.96. The summed E-state index contributed by atoms with van der Waals surface area (Å²) >= 11 is 7.46. The molecular weight excluding hydrogens is 761 g/mol. The molecule has 14 heteroatoms. The van der Waals surface area contributed by atoms with Gasteiger partial charge in [-0.25, -0.2) is 19.7 Å². The number of hydrogen-bond donors (Lipinski definition) is 0. The van der Waals surface area contributed by atoms with Gasteiger partial charge in [0, 0.05) is 10.5 Å². The molecule has 6 aromatic rings. The van der Waals surface area contributed by atoms with Crippen molar-refractivity contribution in [1.29, 1.82) is 0 Å². The number of nitrogens with zero attached hydrogens (tertiary/aromatic N) is 4. The zero-order chi connectivity index (χ0) is 34.7. The molecule has 5 heterocycles. The van der Waals surface area contributed by atoms with Crippen LogP contribution in [0.3, 0.4) is 0 Å². The predicted octanol–water partition coefficient (Wildman–Crippen LogP) is 6.72. The van der Waals surface area contributed by atoms with Crippen molar-refractivity contribution in [3.63, 3.8) is 0 Å². The summed E-state index contributed by atoms with van der Waals surface area (Å²) in [4.78, 5) is 64.1. The van der Waals surface area contributed by atoms with E-state index in [0.29, 0.717) is 52.6 Å². The van der Waals surface area contributed by atoms with Gasteiger partial charge in [0.15, 0.2) is 14.2 Å². The highest BCUT2D eigenvalue weighted by Crippen LogP contribution is 2.38. The van der Waals surface area contributed by atoms with Gasteiger partial charge in [0.1, 0.15) is 5.76 Å². The number of carbonyl (C=O) groups is 3. The number of anilines is 1. The van der Waals surface area contributed by atoms with Gasteiger partial charge in [-0.05, 0) is 85.8 Å². The van der Waals surface area contributed by atoms with E-state index in [9.17, 15) is 19.2 Å². The maximum absolute atomic E-state index is 13.9. The third-order valence-corrected chi connectivity index (χ3v) is 11.6. The normalized spacial score (nSPS) is 15.9. The van der Waals surface area contributed by atoms with Crippen molar-refractivity contribution >= 4 is 90.1 Å². The van der Waals surface area contributed by atoms with E-state index in [-0.39, 0.29) is 24.0 Å². The molecule has 3 aromatic heterocycles. The zero-order valence-electron chi connectivity index (χ0n) is 26.2. The minimum Gasteiger partial charge on any atom is -0.463 e. The van der Waals surface area contributed by atoms with Crippen molar-refractivity contribution in [2.45, 2.75) is 29.3 Å². The molecule has 0 fully saturated rings. The van der Waals surface area contributed by atoms with Crippen LogP contribution in [0, 0.1) is 0 Å². The number of imide groups is 1. The Balaban J connectivity index is 1.08. The summed E-state index contributed by atoms with van der Waals surface area (Å²) in [5, 5.41) is 0.566. The highest BCUT2D eigenvalue weighted by molar-refractivity contribution is 9.10. The maximum Gasteiger partial charge on any atom is 0.338 e. The molecule has 248 valence electrons. The Hall–Kier alpha value is -4.89. The summed E-state index contributed by atoms with van der Waals surface area (Å²) in [6.07, 6.45) is 1.67. The monoisotopic (exact) mass is 782 g/mol. The largest absolute Gasteiger partial charge is 0.463 e. The fourth-order valence-corrected chi connectivity index (χ4v) is 9.41. The second kappa shape index (κ2) is 12.8. The third kappa shape index (κ3) is 5.57. The van der Waals surface area contributed by atoms with Crippen LogP contribution in [-0.4, -0.2) is 33.9 Å². The smallest absolute Gasteiger partial charge is 0.338 e. The highest BCUT2D eigenvalue weighted by Gasteiger charge is 2.37. The molecule has 0 spiro atoms. The Morgan fingerprint density at radius 2 is 1.78 bits per heavy atom. The molecular formula is C36H23BrN4O6S3. The molecule has 0 aliphatic carbocycles. The molecule has 1 atom stereocenters. The fourth-order valence-electron chi connectivity index (χ4n) is 5.96. The van der Waals surface area contributed by atoms with Crippen LogP contribution in [0.25, 0.3) is 16.3 Å². The second-order valence-corrected chi connectivity index (χ2v) is 15.4. The average molecular weight is 784 g/mol. The van der Waals surface area contributed by atoms with E-state index in [4.69, 9.17) is 14.1 Å². The summed E-state index contributed by atoms with van der Waals surface area (Å²) in [6, 6.07) is 22.4. The van der Waals surface area contributed by atoms with Crippen LogP contribution < -0.4 is 19.8 Å². The summed E-state index contributed by atoms with van der Waals surface area (Å²) in [5.74, 6) is -0.752. The summed E-state index contributed by atoms with van der Waals surface area (Å²) in [7, 11) is 0. The SMILES string of the molecule is CCOC(=O)C1=C(C)N=c2s/c(=C\c3ccc(Sc4nc5ccc(N6C(=O)c7ccccc7C6=O)cc5s4)o3)c(=O)n2[C@@H]1c1cccc(Br)c1. The lowest BCUT2D eigenvalue weighted by molar-refractivity contribution is -0.139. The Morgan fingerprint density at radius 1 is 1.00 bits per heavy atom. The molecule has 2 aliphatic rings. The molecule has 0 bridgehead atoms. The molecule has 2 amide bonds. The van der Waals surface area contributed by atoms with Gasteiger partial charge in [-0.2, -0.15) is 0 Å². The number of aromatic nitrogens is 2. The number of ether oxygens (including phenoxy) is 1. The van der Waals surface area contributed by atoms with Gasteiger partial charge >= 0.3 is 5.97 Å². The topological polar surface area (TPSA) is 124 Å². The van der Waals surface area contributed by atoms with Crippen molar-refractivity contribution in [3.05, 3.63) is 137 Å². The molecule has 8 rings (SSSR count). The van der Waals surface area contributed by atoms with Gasteiger partial charge in [-0.3, -0.25) is 19.0 Å². The Morgan fingerprint density at radius 3 is 2.52 bits per heavy atom. The number of allylic oxidation sites excluding steroid dienone is 1. The fraction of sp³-hybridized carbons (Fsp3) is 0.111. The summed E-state index contributed by atoms with van der Waals surface area (Å²) in [6.45, 7) is 3.68. The number of amides is 2. The van der Waals surface area contributed by atoms with Crippen molar-refractivity contribution in [2.24, 2.45) is 4.99 Å². The first-order chi connectivity index (χ1) is 24.2. The number of thiazole rings is 2. The quantitative estimate of drug-likeness (QED) is 0.129. The number of rotatable bonds is 7. The van der Waals surface area contributed by atoms with Crippen molar-refractivity contribution in [2.75, 3.05) is 11.5 Å². The van der Waals surface area contributed by atoms with Crippen LogP contribution in [0.5, 0.6) is 0 Å². The van der Waals surface area contributed by atoms with Crippen LogP contribution >= 0.6 is 50.4 Å². The number of hydrogen-bond acceptors (Lipinski definition) is 11. The van der Waals surface area contributed by atoms with Gasteiger partial charge in [0.25, 0.3) is 17.4 Å². The van der Waals surface area contributed by atoms with E-state index in [2.05, 4.69) is 20.9 Å². The van der Waals surface area contributed by atoms with Crippen LogP contribution in [-0.2, 0) is 9.53 Å². The van der Waals surface area contributed by atoms with Crippen LogP contribution in [0.2, 0.25) is 0 Å². The minimum absolute atomic E-state index is 0.192. The van der Waals surface area contributed by atoms with E-state index in [1.54, 1.807) is 74.5 Å². The minimum atomic E-state index is -0.718. The van der Waals surface area contributed by atoms with Crippen molar-refractivity contribution < 1.29 is 23.5 Å². The standard InChI is InChI=1S/C36H23BrN4O6S3/c1-3-46-34(45)29-18(2)38-35-41(30(29)19-7-6-8-20(37)15-19)33(44)27(48-35)17-22-12-14-28(47-22)50-36-39-25-13-11-21(16-26(25)49-36)40-31(42)23-9-4-5-10-24(23)32(40)43/h4-17,30H,3H2,1-2H3/b27-17-/t30-/m1/s1. The number of fused-ring (bicyclic) bond motifs is 3. The van der Waals surface area contributed by atoms with E-state index >= 15 is 0 Å². The average Bonchev–Trinajstić information content (AvgIpc) is 3.85.